The van der Waals surface area contributed by atoms with E-state index >= 15 is 0 Å². The zero-order chi connectivity index (χ0) is 24.0. The maximum Gasteiger partial charge on any atom is 0.344 e. The van der Waals surface area contributed by atoms with E-state index < -0.39 is 23.5 Å². The van der Waals surface area contributed by atoms with Gasteiger partial charge in [-0.25, -0.2) is 14.2 Å². The molecule has 10 heteroatoms. The highest BCUT2D eigenvalue weighted by atomic mass is 19.1. The molecule has 1 amide bonds. The minimum absolute atomic E-state index is 0.000245. The lowest BCUT2D eigenvalue weighted by atomic mass is 9.97. The molecule has 1 aromatic carbocycles. The van der Waals surface area contributed by atoms with Crippen molar-refractivity contribution in [3.05, 3.63) is 65.4 Å². The molecule has 1 saturated heterocycles. The molecule has 2 aliphatic heterocycles. The predicted molar refractivity (Wildman–Crippen MR) is 118 cm³/mol. The van der Waals surface area contributed by atoms with E-state index in [0.29, 0.717) is 18.4 Å². The highest BCUT2D eigenvalue weighted by Crippen LogP contribution is 2.39. The Morgan fingerprint density at radius 2 is 1.94 bits per heavy atom. The number of benzene rings is 1. The van der Waals surface area contributed by atoms with E-state index in [1.807, 2.05) is 20.8 Å². The summed E-state index contributed by atoms with van der Waals surface area (Å²) in [4.78, 5) is 33.1. The fraction of sp³-hybridized carbons (Fsp3) is 0.375. The van der Waals surface area contributed by atoms with Gasteiger partial charge < -0.3 is 14.4 Å². The van der Waals surface area contributed by atoms with E-state index in [4.69, 9.17) is 9.47 Å². The van der Waals surface area contributed by atoms with E-state index in [1.165, 1.54) is 24.5 Å². The van der Waals surface area contributed by atoms with Crippen LogP contribution in [0.4, 0.5) is 4.39 Å². The number of fused-ring (bicyclic) bond motifs is 1. The Hall–Kier alpha value is -3.82. The van der Waals surface area contributed by atoms with Crippen LogP contribution >= 0.6 is 0 Å². The Labute approximate surface area is 195 Å². The average Bonchev–Trinajstić information content (AvgIpc) is 3.41. The van der Waals surface area contributed by atoms with Crippen molar-refractivity contribution in [2.24, 2.45) is 0 Å². The molecule has 0 aliphatic carbocycles. The van der Waals surface area contributed by atoms with E-state index in [0.717, 1.165) is 10.4 Å². The summed E-state index contributed by atoms with van der Waals surface area (Å²) in [5.41, 5.74) is 0.440. The number of hydrogen-bond acceptors (Lipinski definition) is 7. The van der Waals surface area contributed by atoms with Gasteiger partial charge in [0, 0.05) is 17.8 Å². The molecule has 2 aromatic heterocycles. The lowest BCUT2D eigenvalue weighted by molar-refractivity contribution is 0.00905. The molecular weight excluding hydrogens is 441 g/mol. The smallest absolute Gasteiger partial charge is 0.344 e. The van der Waals surface area contributed by atoms with Crippen LogP contribution < -0.4 is 4.74 Å². The third kappa shape index (κ3) is 3.68. The molecule has 0 saturated carbocycles. The fourth-order valence-corrected chi connectivity index (χ4v) is 4.56. The van der Waals surface area contributed by atoms with Gasteiger partial charge in [0.15, 0.2) is 5.82 Å². The third-order valence-electron chi connectivity index (χ3n) is 6.33. The van der Waals surface area contributed by atoms with Gasteiger partial charge in [0.2, 0.25) is 5.88 Å². The van der Waals surface area contributed by atoms with Gasteiger partial charge in [0.1, 0.15) is 23.0 Å². The number of esters is 1. The number of aromatic nitrogens is 4. The van der Waals surface area contributed by atoms with Crippen molar-refractivity contribution >= 4 is 11.9 Å². The van der Waals surface area contributed by atoms with Gasteiger partial charge in [-0.2, -0.15) is 10.2 Å². The predicted octanol–water partition coefficient (Wildman–Crippen LogP) is 3.28. The summed E-state index contributed by atoms with van der Waals surface area (Å²) in [5.74, 6) is -1.22. The molecule has 9 nitrogen and oxygen atoms in total. The molecule has 0 N–H and O–H groups in total. The first-order chi connectivity index (χ1) is 16.3. The second-order valence-corrected chi connectivity index (χ2v) is 9.02. The number of carbonyl (C=O) groups excluding carboxylic acids is 2. The molecule has 4 heterocycles. The number of hydrogen-bond donors (Lipinski definition) is 0. The molecule has 0 spiro atoms. The van der Waals surface area contributed by atoms with Crippen molar-refractivity contribution in [1.82, 2.24) is 24.9 Å². The van der Waals surface area contributed by atoms with Crippen LogP contribution in [0.2, 0.25) is 0 Å². The summed E-state index contributed by atoms with van der Waals surface area (Å²) in [5, 5.41) is 7.99. The second kappa shape index (κ2) is 8.19. The number of piperidine rings is 1. The fourth-order valence-electron chi connectivity index (χ4n) is 4.56. The molecule has 2 aliphatic rings. The summed E-state index contributed by atoms with van der Waals surface area (Å²) < 4.78 is 26.3. The summed E-state index contributed by atoms with van der Waals surface area (Å²) in [6, 6.07) is 5.98. The zero-order valence-electron chi connectivity index (χ0n) is 19.1. The van der Waals surface area contributed by atoms with Crippen molar-refractivity contribution in [3.63, 3.8) is 0 Å². The molecule has 176 valence electrons. The molecule has 3 aromatic rings. The van der Waals surface area contributed by atoms with Crippen molar-refractivity contribution in [2.75, 3.05) is 6.54 Å². The minimum atomic E-state index is -0.759. The van der Waals surface area contributed by atoms with Gasteiger partial charge >= 0.3 is 5.97 Å². The van der Waals surface area contributed by atoms with Crippen LogP contribution in [0.15, 0.2) is 42.9 Å². The summed E-state index contributed by atoms with van der Waals surface area (Å²) in [6.45, 7) is 5.83. The number of ether oxygens (including phenoxy) is 2. The summed E-state index contributed by atoms with van der Waals surface area (Å²) in [6.07, 6.45) is 5.38. The van der Waals surface area contributed by atoms with Gasteiger partial charge in [0.05, 0.1) is 24.5 Å². The molecule has 0 bridgehead atoms. The lowest BCUT2D eigenvalue weighted by Crippen LogP contribution is -2.49. The van der Waals surface area contributed by atoms with E-state index in [9.17, 15) is 14.0 Å². The number of nitrogens with zero attached hydrogens (tertiary/aromatic N) is 5. The van der Waals surface area contributed by atoms with E-state index in [-0.39, 0.29) is 35.6 Å². The van der Waals surface area contributed by atoms with Gasteiger partial charge in [0.25, 0.3) is 5.91 Å². The molecule has 2 atom stereocenters. The number of rotatable bonds is 4. The maximum absolute atomic E-state index is 14.7. The van der Waals surface area contributed by atoms with Gasteiger partial charge in [-0.15, -0.1) is 4.80 Å². The van der Waals surface area contributed by atoms with Gasteiger partial charge in [-0.05, 0) is 51.8 Å². The number of para-hydroxylation sites is 1. The Bertz CT molecular complexity index is 1260. The van der Waals surface area contributed by atoms with Crippen LogP contribution in [-0.4, -0.2) is 55.4 Å². The van der Waals surface area contributed by atoms with Crippen molar-refractivity contribution in [3.8, 4) is 11.6 Å². The number of likely N-dealkylation sites (tertiary alicyclic amines) is 1. The Morgan fingerprint density at radius 1 is 1.18 bits per heavy atom. The van der Waals surface area contributed by atoms with Gasteiger partial charge in [-0.3, -0.25) is 4.79 Å². The average molecular weight is 465 g/mol. The first-order valence-electron chi connectivity index (χ1n) is 11.1. The Balaban J connectivity index is 1.42. The molecule has 34 heavy (non-hydrogen) atoms. The number of cyclic esters (lactones) is 1. The van der Waals surface area contributed by atoms with Crippen molar-refractivity contribution in [1.29, 1.82) is 0 Å². The normalized spacial score (nSPS) is 21.2. The Morgan fingerprint density at radius 3 is 2.71 bits per heavy atom. The lowest BCUT2D eigenvalue weighted by Gasteiger charge is -2.38. The molecule has 0 radical (unpaired) electrons. The molecule has 5 rings (SSSR count). The van der Waals surface area contributed by atoms with Crippen molar-refractivity contribution < 1.29 is 23.5 Å². The minimum Gasteiger partial charge on any atom is -0.472 e. The highest BCUT2D eigenvalue weighted by Gasteiger charge is 2.41. The monoisotopic (exact) mass is 465 g/mol. The third-order valence-corrected chi connectivity index (χ3v) is 6.33. The standard InChI is InChI=1S/C24H24FN5O4/c1-14-7-8-15(33-21-19-17(9-10-26-21)24(2,3)34-23(19)32)13-29(14)22(31)16-5-4-6-18(25)20(16)30-27-11-12-28-30/h4-6,9-12,14-15H,7-8,13H2,1-3H3/t14-,15-/m1/s1. The number of carbonyl (C=O) groups is 2. The van der Waals surface area contributed by atoms with Crippen LogP contribution in [0.5, 0.6) is 5.88 Å². The highest BCUT2D eigenvalue weighted by molar-refractivity contribution is 5.98. The van der Waals surface area contributed by atoms with Crippen LogP contribution in [0, 0.1) is 5.82 Å². The van der Waals surface area contributed by atoms with E-state index in [2.05, 4.69) is 15.2 Å². The zero-order valence-corrected chi connectivity index (χ0v) is 19.1. The topological polar surface area (TPSA) is 99.4 Å². The number of halogens is 1. The molecule has 1 fully saturated rings. The second-order valence-electron chi connectivity index (χ2n) is 9.02. The van der Waals surface area contributed by atoms with Crippen LogP contribution in [0.3, 0.4) is 0 Å². The quantitative estimate of drug-likeness (QED) is 0.545. The van der Waals surface area contributed by atoms with Crippen LogP contribution in [0.25, 0.3) is 5.69 Å². The molecule has 0 unspecified atom stereocenters. The summed E-state index contributed by atoms with van der Waals surface area (Å²) in [7, 11) is 0. The first kappa shape index (κ1) is 22.0. The number of amides is 1. The summed E-state index contributed by atoms with van der Waals surface area (Å²) >= 11 is 0. The molecular formula is C24H24FN5O4. The van der Waals surface area contributed by atoms with Crippen LogP contribution in [-0.2, 0) is 10.3 Å². The van der Waals surface area contributed by atoms with Gasteiger partial charge in [-0.1, -0.05) is 6.07 Å². The first-order valence-corrected chi connectivity index (χ1v) is 11.1. The number of pyridine rings is 1. The van der Waals surface area contributed by atoms with Crippen molar-refractivity contribution in [2.45, 2.75) is 51.4 Å². The largest absolute Gasteiger partial charge is 0.472 e. The Kier molecular flexibility index (Phi) is 5.30. The van der Waals surface area contributed by atoms with Crippen LogP contribution in [0.1, 0.15) is 59.9 Å². The van der Waals surface area contributed by atoms with E-state index in [1.54, 1.807) is 23.2 Å². The maximum atomic E-state index is 14.7. The SMILES string of the molecule is C[C@@H]1CC[C@@H](Oc2nccc3c2C(=O)OC3(C)C)CN1C(=O)c1cccc(F)c1-n1nccn1.